The minimum Gasteiger partial charge on any atom is -0.399 e. The molecule has 1 fully saturated rings. The Hall–Kier alpha value is -1.82. The van der Waals surface area contributed by atoms with E-state index < -0.39 is 5.54 Å². The molecule has 1 aliphatic heterocycles. The Morgan fingerprint density at radius 2 is 2.26 bits per heavy atom. The van der Waals surface area contributed by atoms with Gasteiger partial charge in [-0.3, -0.25) is 4.79 Å². The van der Waals surface area contributed by atoms with Crippen molar-refractivity contribution in [2.45, 2.75) is 19.4 Å². The molecule has 2 aromatic rings. The van der Waals surface area contributed by atoms with Crippen molar-refractivity contribution >= 4 is 38.3 Å². The lowest BCUT2D eigenvalue weighted by Gasteiger charge is -2.40. The summed E-state index contributed by atoms with van der Waals surface area (Å²) in [5.74, 6) is 0.0394. The molecule has 2 heterocycles. The summed E-state index contributed by atoms with van der Waals surface area (Å²) in [5.41, 5.74) is 6.88. The third-order valence-electron chi connectivity index (χ3n) is 3.48. The molecule has 0 aliphatic carbocycles. The van der Waals surface area contributed by atoms with Gasteiger partial charge in [-0.1, -0.05) is 11.3 Å². The second kappa shape index (κ2) is 4.09. The van der Waals surface area contributed by atoms with Crippen molar-refractivity contribution in [3.8, 4) is 0 Å². The second-order valence-corrected chi connectivity index (χ2v) is 6.20. The first-order chi connectivity index (χ1) is 8.98. The largest absolute Gasteiger partial charge is 0.399 e. The fourth-order valence-corrected chi connectivity index (χ4v) is 3.46. The summed E-state index contributed by atoms with van der Waals surface area (Å²) >= 11 is 1.58. The van der Waals surface area contributed by atoms with Gasteiger partial charge in [0.1, 0.15) is 5.54 Å². The van der Waals surface area contributed by atoms with E-state index in [-0.39, 0.29) is 5.91 Å². The van der Waals surface area contributed by atoms with Gasteiger partial charge in [0.05, 0.1) is 10.2 Å². The predicted molar refractivity (Wildman–Crippen MR) is 78.5 cm³/mol. The zero-order chi connectivity index (χ0) is 13.6. The Balaban J connectivity index is 2.06. The van der Waals surface area contributed by atoms with Crippen LogP contribution in [0.2, 0.25) is 0 Å². The first-order valence-corrected chi connectivity index (χ1v) is 7.02. The highest BCUT2D eigenvalue weighted by atomic mass is 32.1. The fourth-order valence-electron chi connectivity index (χ4n) is 2.28. The molecule has 0 spiro atoms. The molecule has 1 saturated heterocycles. The van der Waals surface area contributed by atoms with Gasteiger partial charge < -0.3 is 16.0 Å². The maximum atomic E-state index is 12.0. The highest BCUT2D eigenvalue weighted by Gasteiger charge is 2.39. The lowest BCUT2D eigenvalue weighted by Crippen LogP contribution is -2.62. The van der Waals surface area contributed by atoms with E-state index >= 15 is 0 Å². The summed E-state index contributed by atoms with van der Waals surface area (Å²) in [6.45, 7) is 5.26. The average Bonchev–Trinajstić information content (AvgIpc) is 2.75. The van der Waals surface area contributed by atoms with Crippen LogP contribution in [0.4, 0.5) is 10.8 Å². The standard InChI is InChI=1S/C13H16N4OS/c1-13(2)11(18)15-5-6-17(13)12-16-9-4-3-8(14)7-10(9)19-12/h3-4,7H,5-6,14H2,1-2H3,(H,15,18). The number of aromatic nitrogens is 1. The molecule has 5 nitrogen and oxygen atoms in total. The Kier molecular flexibility index (Phi) is 2.63. The van der Waals surface area contributed by atoms with Crippen molar-refractivity contribution in [3.05, 3.63) is 18.2 Å². The molecule has 0 radical (unpaired) electrons. The van der Waals surface area contributed by atoms with Crippen LogP contribution < -0.4 is 16.0 Å². The topological polar surface area (TPSA) is 71.2 Å². The molecule has 0 unspecified atom stereocenters. The van der Waals surface area contributed by atoms with E-state index in [4.69, 9.17) is 5.73 Å². The van der Waals surface area contributed by atoms with E-state index in [2.05, 4.69) is 15.2 Å². The Labute approximate surface area is 115 Å². The fraction of sp³-hybridized carbons (Fsp3) is 0.385. The van der Waals surface area contributed by atoms with Gasteiger partial charge in [-0.15, -0.1) is 0 Å². The number of carbonyl (C=O) groups excluding carboxylic acids is 1. The average molecular weight is 276 g/mol. The minimum atomic E-state index is -0.572. The quantitative estimate of drug-likeness (QED) is 0.776. The molecule has 1 aromatic carbocycles. The van der Waals surface area contributed by atoms with Gasteiger partial charge in [-0.05, 0) is 32.0 Å². The SMILES string of the molecule is CC1(C)C(=O)NCCN1c1nc2ccc(N)cc2s1. The summed E-state index contributed by atoms with van der Waals surface area (Å²) in [5, 5.41) is 3.77. The lowest BCUT2D eigenvalue weighted by atomic mass is 10.00. The number of thiazole rings is 1. The number of nitrogens with two attached hydrogens (primary N) is 1. The zero-order valence-electron chi connectivity index (χ0n) is 10.9. The Bertz CT molecular complexity index is 649. The van der Waals surface area contributed by atoms with Crippen LogP contribution >= 0.6 is 11.3 Å². The van der Waals surface area contributed by atoms with E-state index in [0.717, 1.165) is 27.6 Å². The maximum absolute atomic E-state index is 12.0. The number of benzene rings is 1. The van der Waals surface area contributed by atoms with Gasteiger partial charge >= 0.3 is 0 Å². The van der Waals surface area contributed by atoms with Crippen LogP contribution in [-0.4, -0.2) is 29.5 Å². The number of piperazine rings is 1. The van der Waals surface area contributed by atoms with Gasteiger partial charge in [0, 0.05) is 18.8 Å². The number of hydrogen-bond donors (Lipinski definition) is 2. The van der Waals surface area contributed by atoms with Gasteiger partial charge in [0.25, 0.3) is 0 Å². The van der Waals surface area contributed by atoms with Crippen molar-refractivity contribution in [2.75, 3.05) is 23.7 Å². The van der Waals surface area contributed by atoms with Gasteiger partial charge in [-0.2, -0.15) is 0 Å². The van der Waals surface area contributed by atoms with E-state index in [1.807, 2.05) is 32.0 Å². The number of rotatable bonds is 1. The van der Waals surface area contributed by atoms with Crippen molar-refractivity contribution in [3.63, 3.8) is 0 Å². The monoisotopic (exact) mass is 276 g/mol. The summed E-state index contributed by atoms with van der Waals surface area (Å²) < 4.78 is 1.05. The van der Waals surface area contributed by atoms with Crippen LogP contribution in [0.3, 0.4) is 0 Å². The summed E-state index contributed by atoms with van der Waals surface area (Å²) in [6, 6.07) is 5.69. The molecule has 0 atom stereocenters. The number of nitrogens with zero attached hydrogens (tertiary/aromatic N) is 2. The maximum Gasteiger partial charge on any atom is 0.245 e. The number of carbonyl (C=O) groups is 1. The van der Waals surface area contributed by atoms with Crippen LogP contribution in [0.1, 0.15) is 13.8 Å². The summed E-state index contributed by atoms with van der Waals surface area (Å²) in [6.07, 6.45) is 0. The number of amides is 1. The first-order valence-electron chi connectivity index (χ1n) is 6.20. The van der Waals surface area contributed by atoms with Crippen molar-refractivity contribution in [1.82, 2.24) is 10.3 Å². The van der Waals surface area contributed by atoms with Gasteiger partial charge in [0.2, 0.25) is 5.91 Å². The van der Waals surface area contributed by atoms with E-state index in [1.54, 1.807) is 11.3 Å². The van der Waals surface area contributed by atoms with Crippen LogP contribution in [0.5, 0.6) is 0 Å². The van der Waals surface area contributed by atoms with Crippen molar-refractivity contribution < 1.29 is 4.79 Å². The van der Waals surface area contributed by atoms with Crippen LogP contribution in [0.25, 0.3) is 10.2 Å². The second-order valence-electron chi connectivity index (χ2n) is 5.19. The van der Waals surface area contributed by atoms with Crippen LogP contribution in [0, 0.1) is 0 Å². The number of anilines is 2. The van der Waals surface area contributed by atoms with Crippen LogP contribution in [0.15, 0.2) is 18.2 Å². The van der Waals surface area contributed by atoms with E-state index in [9.17, 15) is 4.79 Å². The minimum absolute atomic E-state index is 0.0394. The van der Waals surface area contributed by atoms with Crippen molar-refractivity contribution in [2.24, 2.45) is 0 Å². The molecule has 0 saturated carbocycles. The smallest absolute Gasteiger partial charge is 0.245 e. The van der Waals surface area contributed by atoms with Crippen molar-refractivity contribution in [1.29, 1.82) is 0 Å². The number of nitrogens with one attached hydrogen (secondary N) is 1. The molecule has 6 heteroatoms. The molecule has 1 aromatic heterocycles. The highest BCUT2D eigenvalue weighted by molar-refractivity contribution is 7.22. The molecule has 3 rings (SSSR count). The Morgan fingerprint density at radius 1 is 1.47 bits per heavy atom. The van der Waals surface area contributed by atoms with E-state index in [1.165, 1.54) is 0 Å². The number of hydrogen-bond acceptors (Lipinski definition) is 5. The number of fused-ring (bicyclic) bond motifs is 1. The first kappa shape index (κ1) is 12.2. The summed E-state index contributed by atoms with van der Waals surface area (Å²) in [4.78, 5) is 18.7. The molecular formula is C13H16N4OS. The lowest BCUT2D eigenvalue weighted by molar-refractivity contribution is -0.126. The molecule has 3 N–H and O–H groups in total. The third-order valence-corrected chi connectivity index (χ3v) is 4.52. The molecule has 0 bridgehead atoms. The molecule has 19 heavy (non-hydrogen) atoms. The zero-order valence-corrected chi connectivity index (χ0v) is 11.8. The molecule has 1 amide bonds. The normalized spacial score (nSPS) is 18.6. The predicted octanol–water partition coefficient (Wildman–Crippen LogP) is 1.59. The molecule has 1 aliphatic rings. The number of nitrogen functional groups attached to an aromatic ring is 1. The van der Waals surface area contributed by atoms with Crippen LogP contribution in [-0.2, 0) is 4.79 Å². The van der Waals surface area contributed by atoms with E-state index in [0.29, 0.717) is 6.54 Å². The summed E-state index contributed by atoms with van der Waals surface area (Å²) in [7, 11) is 0. The van der Waals surface area contributed by atoms with Gasteiger partial charge in [0.15, 0.2) is 5.13 Å². The Morgan fingerprint density at radius 3 is 3.05 bits per heavy atom. The highest BCUT2D eigenvalue weighted by Crippen LogP contribution is 2.34. The molecule has 100 valence electrons. The molecular weight excluding hydrogens is 260 g/mol. The van der Waals surface area contributed by atoms with Gasteiger partial charge in [-0.25, -0.2) is 4.98 Å². The third kappa shape index (κ3) is 1.92.